The molecular weight excluding hydrogens is 212 g/mol. The Bertz CT molecular complexity index is 507. The third-order valence-electron chi connectivity index (χ3n) is 1.88. The van der Waals surface area contributed by atoms with Gasteiger partial charge in [-0.1, -0.05) is 6.07 Å². The molecular formula is C10H8N2O4. The summed E-state index contributed by atoms with van der Waals surface area (Å²) in [5.41, 5.74) is 0.433. The normalized spacial score (nSPS) is 10.2. The van der Waals surface area contributed by atoms with E-state index in [1.807, 2.05) is 0 Å². The second-order valence-electron chi connectivity index (χ2n) is 3.06. The molecule has 0 aliphatic rings. The summed E-state index contributed by atoms with van der Waals surface area (Å²) in [7, 11) is 0. The molecule has 0 saturated heterocycles. The molecule has 0 radical (unpaired) electrons. The van der Waals surface area contributed by atoms with Crippen LogP contribution < -0.4 is 0 Å². The monoisotopic (exact) mass is 220 g/mol. The zero-order valence-corrected chi connectivity index (χ0v) is 8.12. The second kappa shape index (κ2) is 4.01. The first-order valence-corrected chi connectivity index (χ1v) is 4.48. The first-order valence-electron chi connectivity index (χ1n) is 4.48. The number of pyridine rings is 1. The molecule has 2 N–H and O–H groups in total. The molecule has 0 spiro atoms. The molecule has 0 amide bonds. The first kappa shape index (κ1) is 10.2. The largest absolute Gasteiger partial charge is 0.481 e. The van der Waals surface area contributed by atoms with Crippen molar-refractivity contribution in [2.24, 2.45) is 0 Å². The minimum Gasteiger partial charge on any atom is -0.481 e. The zero-order valence-electron chi connectivity index (χ0n) is 8.12. The SMILES string of the molecule is O=C(O)Cc1nc(-c2ccccn2)oc1O. The van der Waals surface area contributed by atoms with Gasteiger partial charge in [0, 0.05) is 6.20 Å². The van der Waals surface area contributed by atoms with Crippen molar-refractivity contribution < 1.29 is 19.4 Å². The van der Waals surface area contributed by atoms with E-state index in [0.29, 0.717) is 5.69 Å². The van der Waals surface area contributed by atoms with E-state index in [1.165, 1.54) is 0 Å². The van der Waals surface area contributed by atoms with Crippen LogP contribution in [0, 0.1) is 0 Å². The van der Waals surface area contributed by atoms with E-state index in [-0.39, 0.29) is 18.0 Å². The van der Waals surface area contributed by atoms with Crippen LogP contribution in [0.2, 0.25) is 0 Å². The highest BCUT2D eigenvalue weighted by molar-refractivity contribution is 5.70. The smallest absolute Gasteiger partial charge is 0.309 e. The summed E-state index contributed by atoms with van der Waals surface area (Å²) in [5.74, 6) is -1.46. The lowest BCUT2D eigenvalue weighted by Crippen LogP contribution is -2.00. The molecule has 0 fully saturated rings. The Morgan fingerprint density at radius 2 is 2.25 bits per heavy atom. The number of nitrogens with zero attached hydrogens (tertiary/aromatic N) is 2. The summed E-state index contributed by atoms with van der Waals surface area (Å²) in [5, 5.41) is 17.9. The maximum atomic E-state index is 10.5. The van der Waals surface area contributed by atoms with Crippen LogP contribution in [-0.2, 0) is 11.2 Å². The maximum absolute atomic E-state index is 10.5. The number of hydrogen-bond donors (Lipinski definition) is 2. The fourth-order valence-electron chi connectivity index (χ4n) is 1.20. The molecule has 2 rings (SSSR count). The molecule has 16 heavy (non-hydrogen) atoms. The van der Waals surface area contributed by atoms with Gasteiger partial charge in [-0.15, -0.1) is 0 Å². The zero-order chi connectivity index (χ0) is 11.5. The molecule has 0 aromatic carbocycles. The van der Waals surface area contributed by atoms with Gasteiger partial charge < -0.3 is 14.6 Å². The Kier molecular flexibility index (Phi) is 2.55. The molecule has 0 bridgehead atoms. The number of aromatic hydroxyl groups is 1. The van der Waals surface area contributed by atoms with Gasteiger partial charge in [-0.25, -0.2) is 4.98 Å². The molecule has 2 aromatic rings. The van der Waals surface area contributed by atoms with Crippen LogP contribution in [0.3, 0.4) is 0 Å². The number of carboxylic acids is 1. The van der Waals surface area contributed by atoms with Crippen molar-refractivity contribution in [3.05, 3.63) is 30.1 Å². The minimum atomic E-state index is -1.09. The molecule has 82 valence electrons. The van der Waals surface area contributed by atoms with E-state index in [0.717, 1.165) is 0 Å². The molecule has 0 saturated carbocycles. The van der Waals surface area contributed by atoms with Crippen LogP contribution in [0.1, 0.15) is 5.69 Å². The highest BCUT2D eigenvalue weighted by Gasteiger charge is 2.16. The van der Waals surface area contributed by atoms with E-state index < -0.39 is 11.9 Å². The Morgan fingerprint density at radius 1 is 1.44 bits per heavy atom. The average molecular weight is 220 g/mol. The van der Waals surface area contributed by atoms with Gasteiger partial charge in [-0.2, -0.15) is 0 Å². The lowest BCUT2D eigenvalue weighted by atomic mass is 10.3. The highest BCUT2D eigenvalue weighted by atomic mass is 16.5. The van der Waals surface area contributed by atoms with Gasteiger partial charge in [0.2, 0.25) is 5.89 Å². The fraction of sp³-hybridized carbons (Fsp3) is 0.100. The van der Waals surface area contributed by atoms with Gasteiger partial charge in [0.15, 0.2) is 0 Å². The third kappa shape index (κ3) is 2.00. The van der Waals surface area contributed by atoms with Crippen molar-refractivity contribution in [2.75, 3.05) is 0 Å². The van der Waals surface area contributed by atoms with E-state index in [9.17, 15) is 9.90 Å². The van der Waals surface area contributed by atoms with Crippen LogP contribution in [-0.4, -0.2) is 26.2 Å². The number of oxazole rings is 1. The molecule has 0 aliphatic heterocycles. The Hall–Kier alpha value is -2.37. The summed E-state index contributed by atoms with van der Waals surface area (Å²) in [4.78, 5) is 18.3. The van der Waals surface area contributed by atoms with Crippen LogP contribution in [0.4, 0.5) is 0 Å². The van der Waals surface area contributed by atoms with E-state index in [4.69, 9.17) is 9.52 Å². The Morgan fingerprint density at radius 3 is 2.88 bits per heavy atom. The standard InChI is InChI=1S/C10H8N2O4/c13-8(14)5-7-10(15)16-9(12-7)6-3-1-2-4-11-6/h1-4,15H,5H2,(H,13,14). The predicted molar refractivity (Wildman–Crippen MR) is 52.7 cm³/mol. The fourth-order valence-corrected chi connectivity index (χ4v) is 1.20. The molecule has 0 atom stereocenters. The van der Waals surface area contributed by atoms with E-state index in [1.54, 1.807) is 24.4 Å². The maximum Gasteiger partial charge on any atom is 0.309 e. The highest BCUT2D eigenvalue weighted by Crippen LogP contribution is 2.24. The average Bonchev–Trinajstić information content (AvgIpc) is 2.61. The summed E-state index contributed by atoms with van der Waals surface area (Å²) in [6.07, 6.45) is 1.16. The Balaban J connectivity index is 2.34. The van der Waals surface area contributed by atoms with Crippen LogP contribution in [0.15, 0.2) is 28.8 Å². The molecule has 2 aromatic heterocycles. The van der Waals surface area contributed by atoms with E-state index in [2.05, 4.69) is 9.97 Å². The molecule has 0 unspecified atom stereocenters. The number of hydrogen-bond acceptors (Lipinski definition) is 5. The number of aromatic nitrogens is 2. The lowest BCUT2D eigenvalue weighted by molar-refractivity contribution is -0.136. The molecule has 0 aliphatic carbocycles. The van der Waals surface area contributed by atoms with Gasteiger partial charge in [0.1, 0.15) is 11.4 Å². The van der Waals surface area contributed by atoms with Crippen molar-refractivity contribution in [3.63, 3.8) is 0 Å². The van der Waals surface area contributed by atoms with Crippen molar-refractivity contribution in [2.45, 2.75) is 6.42 Å². The summed E-state index contributed by atoms with van der Waals surface area (Å²) < 4.78 is 4.92. The molecule has 2 heterocycles. The third-order valence-corrected chi connectivity index (χ3v) is 1.88. The van der Waals surface area contributed by atoms with Crippen molar-refractivity contribution in [1.82, 2.24) is 9.97 Å². The summed E-state index contributed by atoms with van der Waals surface area (Å²) >= 11 is 0. The number of rotatable bonds is 3. The summed E-state index contributed by atoms with van der Waals surface area (Å²) in [6, 6.07) is 5.11. The van der Waals surface area contributed by atoms with E-state index >= 15 is 0 Å². The van der Waals surface area contributed by atoms with Crippen molar-refractivity contribution in [3.8, 4) is 17.5 Å². The molecule has 6 heteroatoms. The van der Waals surface area contributed by atoms with Crippen molar-refractivity contribution >= 4 is 5.97 Å². The molecule has 6 nitrogen and oxygen atoms in total. The number of carboxylic acid groups (broad SMARTS) is 1. The topological polar surface area (TPSA) is 96.5 Å². The van der Waals surface area contributed by atoms with Gasteiger partial charge >= 0.3 is 11.9 Å². The van der Waals surface area contributed by atoms with Crippen LogP contribution in [0.5, 0.6) is 5.95 Å². The van der Waals surface area contributed by atoms with Crippen LogP contribution >= 0.6 is 0 Å². The predicted octanol–water partition coefficient (Wildman–Crippen LogP) is 1.07. The van der Waals surface area contributed by atoms with Gasteiger partial charge in [-0.3, -0.25) is 9.78 Å². The second-order valence-corrected chi connectivity index (χ2v) is 3.06. The summed E-state index contributed by atoms with van der Waals surface area (Å²) in [6.45, 7) is 0. The minimum absolute atomic E-state index is 0.00634. The lowest BCUT2D eigenvalue weighted by Gasteiger charge is -1.90. The van der Waals surface area contributed by atoms with Gasteiger partial charge in [0.25, 0.3) is 0 Å². The quantitative estimate of drug-likeness (QED) is 0.803. The van der Waals surface area contributed by atoms with Crippen molar-refractivity contribution in [1.29, 1.82) is 0 Å². The first-order chi connectivity index (χ1) is 7.66. The van der Waals surface area contributed by atoms with Gasteiger partial charge in [-0.05, 0) is 12.1 Å². The Labute approximate surface area is 90.2 Å². The number of carbonyl (C=O) groups is 1. The van der Waals surface area contributed by atoms with Gasteiger partial charge in [0.05, 0.1) is 6.42 Å². The number of aliphatic carboxylic acids is 1. The van der Waals surface area contributed by atoms with Crippen LogP contribution in [0.25, 0.3) is 11.6 Å².